The highest BCUT2D eigenvalue weighted by atomic mass is 79.9. The van der Waals surface area contributed by atoms with Crippen molar-refractivity contribution in [1.29, 1.82) is 0 Å². The van der Waals surface area contributed by atoms with Gasteiger partial charge in [-0.2, -0.15) is 0 Å². The number of esters is 1. The summed E-state index contributed by atoms with van der Waals surface area (Å²) in [6.45, 7) is 1.70. The van der Waals surface area contributed by atoms with Crippen LogP contribution in [0.25, 0.3) is 0 Å². The largest absolute Gasteiger partial charge is 0.496 e. The van der Waals surface area contributed by atoms with Crippen LogP contribution in [0.15, 0.2) is 39.3 Å². The first-order chi connectivity index (χ1) is 12.8. The van der Waals surface area contributed by atoms with Crippen molar-refractivity contribution in [1.82, 2.24) is 0 Å². The second kappa shape index (κ2) is 9.96. The maximum Gasteiger partial charge on any atom is 0.341 e. The molecule has 2 aromatic rings. The minimum atomic E-state index is -0.558. The summed E-state index contributed by atoms with van der Waals surface area (Å²) in [4.78, 5) is 24.1. The molecule has 0 aliphatic heterocycles. The van der Waals surface area contributed by atoms with Crippen LogP contribution >= 0.6 is 43.5 Å². The van der Waals surface area contributed by atoms with Crippen LogP contribution in [0, 0.1) is 0 Å². The van der Waals surface area contributed by atoms with E-state index in [1.807, 2.05) is 6.07 Å². The van der Waals surface area contributed by atoms with E-state index in [2.05, 4.69) is 37.2 Å². The first-order valence-corrected chi connectivity index (χ1v) is 9.74. The maximum atomic E-state index is 12.2. The molecule has 0 aliphatic rings. The zero-order valence-corrected chi connectivity index (χ0v) is 18.4. The van der Waals surface area contributed by atoms with E-state index in [0.717, 1.165) is 4.47 Å². The highest BCUT2D eigenvalue weighted by molar-refractivity contribution is 9.11. The zero-order valence-electron chi connectivity index (χ0n) is 14.5. The van der Waals surface area contributed by atoms with Gasteiger partial charge in [0.15, 0.2) is 6.61 Å². The quantitative estimate of drug-likeness (QED) is 0.515. The number of carbonyl (C=O) groups is 2. The molecule has 0 atom stereocenters. The van der Waals surface area contributed by atoms with Crippen LogP contribution in [0.4, 0.5) is 5.69 Å². The topological polar surface area (TPSA) is 73.9 Å². The molecule has 0 heterocycles. The molecule has 144 valence electrons. The molecule has 6 nitrogen and oxygen atoms in total. The molecule has 2 aromatic carbocycles. The van der Waals surface area contributed by atoms with Crippen molar-refractivity contribution >= 4 is 61.0 Å². The van der Waals surface area contributed by atoms with Crippen molar-refractivity contribution in [2.24, 2.45) is 0 Å². The fourth-order valence-electron chi connectivity index (χ4n) is 2.11. The third-order valence-electron chi connectivity index (χ3n) is 3.31. The third kappa shape index (κ3) is 5.85. The van der Waals surface area contributed by atoms with Gasteiger partial charge in [-0.3, -0.25) is 4.79 Å². The monoisotopic (exact) mass is 519 g/mol. The standard InChI is InChI=1S/C18H16Br2ClNO5/c1-3-26-18(24)11-7-13(21)14(8-16(11)25-2)22-17(23)9-27-15-5-4-10(19)6-12(15)20/h4-8H,3,9H2,1-2H3,(H,22,23). The number of amides is 1. The van der Waals surface area contributed by atoms with Crippen LogP contribution in [0.2, 0.25) is 5.02 Å². The lowest BCUT2D eigenvalue weighted by Crippen LogP contribution is -2.20. The number of ether oxygens (including phenoxy) is 3. The molecule has 0 unspecified atom stereocenters. The second-order valence-electron chi connectivity index (χ2n) is 5.16. The summed E-state index contributed by atoms with van der Waals surface area (Å²) >= 11 is 12.9. The van der Waals surface area contributed by atoms with Gasteiger partial charge in [-0.25, -0.2) is 4.79 Å². The minimum Gasteiger partial charge on any atom is -0.496 e. The summed E-state index contributed by atoms with van der Waals surface area (Å²) in [5.74, 6) is -0.213. The molecule has 1 amide bonds. The number of methoxy groups -OCH3 is 1. The number of nitrogens with one attached hydrogen (secondary N) is 1. The molecule has 0 saturated heterocycles. The van der Waals surface area contributed by atoms with Gasteiger partial charge < -0.3 is 19.5 Å². The number of hydrogen-bond acceptors (Lipinski definition) is 5. The van der Waals surface area contributed by atoms with Gasteiger partial charge in [0.25, 0.3) is 5.91 Å². The average Bonchev–Trinajstić information content (AvgIpc) is 2.62. The van der Waals surface area contributed by atoms with E-state index in [1.165, 1.54) is 19.2 Å². The fourth-order valence-corrected chi connectivity index (χ4v) is 3.48. The Morgan fingerprint density at radius 3 is 2.52 bits per heavy atom. The molecule has 0 radical (unpaired) electrons. The first-order valence-electron chi connectivity index (χ1n) is 7.78. The summed E-state index contributed by atoms with van der Waals surface area (Å²) in [6, 6.07) is 8.19. The van der Waals surface area contributed by atoms with Crippen molar-refractivity contribution < 1.29 is 23.8 Å². The van der Waals surface area contributed by atoms with Gasteiger partial charge in [-0.15, -0.1) is 0 Å². The van der Waals surface area contributed by atoms with Gasteiger partial charge in [0, 0.05) is 10.5 Å². The summed E-state index contributed by atoms with van der Waals surface area (Å²) in [6.07, 6.45) is 0. The van der Waals surface area contributed by atoms with E-state index in [9.17, 15) is 9.59 Å². The number of hydrogen-bond donors (Lipinski definition) is 1. The summed E-state index contributed by atoms with van der Waals surface area (Å²) in [7, 11) is 1.41. The molecule has 0 aromatic heterocycles. The molecule has 0 bridgehead atoms. The minimum absolute atomic E-state index is 0.178. The molecule has 0 saturated carbocycles. The summed E-state index contributed by atoms with van der Waals surface area (Å²) in [5.41, 5.74) is 0.474. The Labute approximate surface area is 178 Å². The van der Waals surface area contributed by atoms with E-state index in [4.69, 9.17) is 25.8 Å². The van der Waals surface area contributed by atoms with Crippen LogP contribution in [0.1, 0.15) is 17.3 Å². The lowest BCUT2D eigenvalue weighted by Gasteiger charge is -2.13. The van der Waals surface area contributed by atoms with Crippen LogP contribution in [0.3, 0.4) is 0 Å². The first kappa shape index (κ1) is 21.5. The summed E-state index contributed by atoms with van der Waals surface area (Å²) in [5, 5.41) is 2.81. The van der Waals surface area contributed by atoms with E-state index >= 15 is 0 Å². The van der Waals surface area contributed by atoms with Gasteiger partial charge in [-0.1, -0.05) is 27.5 Å². The van der Waals surface area contributed by atoms with E-state index < -0.39 is 11.9 Å². The summed E-state index contributed by atoms with van der Waals surface area (Å²) < 4.78 is 17.2. The number of halogens is 3. The number of rotatable bonds is 7. The van der Waals surface area contributed by atoms with Crippen molar-refractivity contribution in [2.75, 3.05) is 25.6 Å². The van der Waals surface area contributed by atoms with Gasteiger partial charge in [0.2, 0.25) is 0 Å². The van der Waals surface area contributed by atoms with Crippen molar-refractivity contribution in [3.63, 3.8) is 0 Å². The van der Waals surface area contributed by atoms with Gasteiger partial charge >= 0.3 is 5.97 Å². The lowest BCUT2D eigenvalue weighted by molar-refractivity contribution is -0.118. The molecule has 0 aliphatic carbocycles. The van der Waals surface area contributed by atoms with E-state index in [-0.39, 0.29) is 29.5 Å². The van der Waals surface area contributed by atoms with Crippen LogP contribution in [-0.2, 0) is 9.53 Å². The van der Waals surface area contributed by atoms with Crippen molar-refractivity contribution in [3.05, 3.63) is 49.9 Å². The van der Waals surface area contributed by atoms with Gasteiger partial charge in [0.05, 0.1) is 28.9 Å². The predicted molar refractivity (Wildman–Crippen MR) is 110 cm³/mol. The molecule has 27 heavy (non-hydrogen) atoms. The van der Waals surface area contributed by atoms with Crippen molar-refractivity contribution in [2.45, 2.75) is 6.92 Å². The number of carbonyl (C=O) groups excluding carboxylic acids is 2. The highest BCUT2D eigenvalue weighted by Gasteiger charge is 2.18. The van der Waals surface area contributed by atoms with Gasteiger partial charge in [0.1, 0.15) is 17.1 Å². The Morgan fingerprint density at radius 2 is 1.89 bits per heavy atom. The number of anilines is 1. The second-order valence-corrected chi connectivity index (χ2v) is 7.34. The van der Waals surface area contributed by atoms with E-state index in [1.54, 1.807) is 19.1 Å². The molecular weight excluding hydrogens is 505 g/mol. The molecule has 0 fully saturated rings. The Hall–Kier alpha value is -1.77. The fraction of sp³-hybridized carbons (Fsp3) is 0.222. The average molecular weight is 522 g/mol. The molecular formula is C18H16Br2ClNO5. The Balaban J connectivity index is 2.09. The van der Waals surface area contributed by atoms with Crippen LogP contribution < -0.4 is 14.8 Å². The lowest BCUT2D eigenvalue weighted by atomic mass is 10.1. The highest BCUT2D eigenvalue weighted by Crippen LogP contribution is 2.32. The molecule has 9 heteroatoms. The SMILES string of the molecule is CCOC(=O)c1cc(Cl)c(NC(=O)COc2ccc(Br)cc2Br)cc1OC. The maximum absolute atomic E-state index is 12.2. The Kier molecular flexibility index (Phi) is 7.94. The zero-order chi connectivity index (χ0) is 20.0. The Morgan fingerprint density at radius 1 is 1.15 bits per heavy atom. The third-order valence-corrected chi connectivity index (χ3v) is 4.74. The Bertz CT molecular complexity index is 860. The molecule has 2 rings (SSSR count). The normalized spacial score (nSPS) is 10.3. The van der Waals surface area contributed by atoms with Crippen molar-refractivity contribution in [3.8, 4) is 11.5 Å². The predicted octanol–water partition coefficient (Wildman–Crippen LogP) is 5.07. The van der Waals surface area contributed by atoms with Crippen LogP contribution in [0.5, 0.6) is 11.5 Å². The van der Waals surface area contributed by atoms with Crippen LogP contribution in [-0.4, -0.2) is 32.2 Å². The molecule has 0 spiro atoms. The van der Waals surface area contributed by atoms with E-state index in [0.29, 0.717) is 15.9 Å². The number of benzene rings is 2. The molecule has 1 N–H and O–H groups in total. The van der Waals surface area contributed by atoms with Gasteiger partial charge in [-0.05, 0) is 47.1 Å². The smallest absolute Gasteiger partial charge is 0.341 e.